The first-order valence-electron chi connectivity index (χ1n) is 10.1. The van der Waals surface area contributed by atoms with Gasteiger partial charge in [-0.05, 0) is 49.1 Å². The van der Waals surface area contributed by atoms with Crippen molar-refractivity contribution in [3.05, 3.63) is 47.9 Å². The van der Waals surface area contributed by atoms with Crippen LogP contribution in [0, 0.1) is 0 Å². The predicted octanol–water partition coefficient (Wildman–Crippen LogP) is 3.86. The van der Waals surface area contributed by atoms with E-state index in [9.17, 15) is 4.79 Å². The molecule has 0 unspecified atom stereocenters. The van der Waals surface area contributed by atoms with E-state index >= 15 is 0 Å². The molecule has 152 valence electrons. The van der Waals surface area contributed by atoms with Crippen LogP contribution >= 0.6 is 0 Å². The number of carbonyl (C=O) groups excluding carboxylic acids is 1. The van der Waals surface area contributed by atoms with Gasteiger partial charge in [0.15, 0.2) is 17.3 Å². The molecule has 0 saturated carbocycles. The summed E-state index contributed by atoms with van der Waals surface area (Å²) in [6, 6.07) is 9.95. The smallest absolute Gasteiger partial charge is 0.289 e. The van der Waals surface area contributed by atoms with Crippen LogP contribution in [-0.2, 0) is 6.54 Å². The number of furan rings is 1. The van der Waals surface area contributed by atoms with E-state index in [1.54, 1.807) is 19.2 Å². The van der Waals surface area contributed by atoms with E-state index < -0.39 is 0 Å². The molecule has 1 fully saturated rings. The van der Waals surface area contributed by atoms with Crippen molar-refractivity contribution in [1.29, 1.82) is 0 Å². The third-order valence-corrected chi connectivity index (χ3v) is 5.09. The molecule has 1 amide bonds. The molecule has 1 aromatic carbocycles. The van der Waals surface area contributed by atoms with Gasteiger partial charge in [-0.2, -0.15) is 0 Å². The molecule has 0 spiro atoms. The Kier molecular flexibility index (Phi) is 7.37. The molecule has 6 heteroatoms. The average Bonchev–Trinajstić information content (AvgIpc) is 3.28. The van der Waals surface area contributed by atoms with Crippen LogP contribution in [0.2, 0.25) is 0 Å². The monoisotopic (exact) mass is 386 g/mol. The first-order valence-corrected chi connectivity index (χ1v) is 10.1. The van der Waals surface area contributed by atoms with E-state index in [0.717, 1.165) is 62.4 Å². The summed E-state index contributed by atoms with van der Waals surface area (Å²) in [5.41, 5.74) is 1.16. The zero-order valence-corrected chi connectivity index (χ0v) is 16.8. The van der Waals surface area contributed by atoms with E-state index in [-0.39, 0.29) is 5.91 Å². The second kappa shape index (κ2) is 10.2. The number of amides is 1. The van der Waals surface area contributed by atoms with Crippen LogP contribution in [0.15, 0.2) is 41.0 Å². The highest BCUT2D eigenvalue weighted by molar-refractivity contribution is 5.91. The summed E-state index contributed by atoms with van der Waals surface area (Å²) in [5.74, 6) is 1.96. The lowest BCUT2D eigenvalue weighted by atomic mass is 10.0. The Labute approximate surface area is 166 Å². The molecular weight excluding hydrogens is 356 g/mol. The minimum atomic E-state index is -0.0214. The van der Waals surface area contributed by atoms with Crippen molar-refractivity contribution in [3.63, 3.8) is 0 Å². The van der Waals surface area contributed by atoms with E-state index in [1.165, 1.54) is 6.26 Å². The van der Waals surface area contributed by atoms with Crippen molar-refractivity contribution < 1.29 is 18.7 Å². The number of hydrogen-bond donors (Lipinski definition) is 1. The summed E-state index contributed by atoms with van der Waals surface area (Å²) in [6.45, 7) is 5.10. The largest absolute Gasteiger partial charge is 0.493 e. The first kappa shape index (κ1) is 20.3. The number of hydrogen-bond acceptors (Lipinski definition) is 5. The summed E-state index contributed by atoms with van der Waals surface area (Å²) >= 11 is 0. The summed E-state index contributed by atoms with van der Waals surface area (Å²) in [5, 5.41) is 3.60. The Morgan fingerprint density at radius 2 is 2.07 bits per heavy atom. The Bertz CT molecular complexity index is 737. The number of benzene rings is 1. The van der Waals surface area contributed by atoms with Gasteiger partial charge < -0.3 is 24.1 Å². The number of methoxy groups -OCH3 is 1. The molecule has 1 aliphatic heterocycles. The lowest BCUT2D eigenvalue weighted by Gasteiger charge is -2.32. The number of piperidine rings is 1. The van der Waals surface area contributed by atoms with Gasteiger partial charge in [0.05, 0.1) is 20.0 Å². The summed E-state index contributed by atoms with van der Waals surface area (Å²) < 4.78 is 16.5. The topological polar surface area (TPSA) is 63.9 Å². The van der Waals surface area contributed by atoms with Crippen LogP contribution in [-0.4, -0.2) is 43.7 Å². The fraction of sp³-hybridized carbons (Fsp3) is 0.500. The number of likely N-dealkylation sites (tertiary alicyclic amines) is 1. The van der Waals surface area contributed by atoms with Crippen LogP contribution in [0.4, 0.5) is 0 Å². The highest BCUT2D eigenvalue weighted by atomic mass is 16.5. The Balaban J connectivity index is 1.46. The average molecular weight is 386 g/mol. The van der Waals surface area contributed by atoms with Gasteiger partial charge in [-0.15, -0.1) is 0 Å². The quantitative estimate of drug-likeness (QED) is 0.663. The summed E-state index contributed by atoms with van der Waals surface area (Å²) in [6.07, 6.45) is 5.54. The van der Waals surface area contributed by atoms with Crippen molar-refractivity contribution in [1.82, 2.24) is 10.2 Å². The molecule has 1 N–H and O–H groups in total. The fourth-order valence-corrected chi connectivity index (χ4v) is 3.37. The Morgan fingerprint density at radius 1 is 1.25 bits per heavy atom. The van der Waals surface area contributed by atoms with Crippen LogP contribution < -0.4 is 14.8 Å². The van der Waals surface area contributed by atoms with E-state index in [0.29, 0.717) is 18.4 Å². The third-order valence-electron chi connectivity index (χ3n) is 5.09. The number of rotatable bonds is 9. The minimum Gasteiger partial charge on any atom is -0.493 e. The molecule has 0 radical (unpaired) electrons. The van der Waals surface area contributed by atoms with Crippen LogP contribution in [0.3, 0.4) is 0 Å². The Morgan fingerprint density at radius 3 is 2.75 bits per heavy atom. The zero-order valence-electron chi connectivity index (χ0n) is 16.8. The molecular formula is C22H30N2O4. The normalized spacial score (nSPS) is 14.9. The summed E-state index contributed by atoms with van der Waals surface area (Å²) in [4.78, 5) is 14.2. The molecule has 28 heavy (non-hydrogen) atoms. The van der Waals surface area contributed by atoms with Crippen LogP contribution in [0.1, 0.15) is 48.7 Å². The second-order valence-electron chi connectivity index (χ2n) is 7.11. The molecule has 2 aromatic rings. The highest BCUT2D eigenvalue weighted by Gasteiger charge is 2.24. The molecule has 0 bridgehead atoms. The van der Waals surface area contributed by atoms with Crippen molar-refractivity contribution in [2.45, 2.75) is 45.2 Å². The maximum absolute atomic E-state index is 12.3. The van der Waals surface area contributed by atoms with Gasteiger partial charge in [0, 0.05) is 25.7 Å². The number of unbranched alkanes of at least 4 members (excludes halogenated alkanes) is 1. The van der Waals surface area contributed by atoms with Gasteiger partial charge in [0.2, 0.25) is 0 Å². The van der Waals surface area contributed by atoms with Crippen molar-refractivity contribution in [2.24, 2.45) is 0 Å². The van der Waals surface area contributed by atoms with E-state index in [2.05, 4.69) is 18.3 Å². The van der Waals surface area contributed by atoms with Gasteiger partial charge in [-0.1, -0.05) is 19.4 Å². The molecule has 0 aliphatic carbocycles. The molecule has 0 atom stereocenters. The number of ether oxygens (including phenoxy) is 2. The van der Waals surface area contributed by atoms with Crippen LogP contribution in [0.5, 0.6) is 11.5 Å². The maximum atomic E-state index is 12.3. The van der Waals surface area contributed by atoms with Gasteiger partial charge in [0.1, 0.15) is 0 Å². The first-order chi connectivity index (χ1) is 13.7. The van der Waals surface area contributed by atoms with E-state index in [4.69, 9.17) is 13.9 Å². The SMILES string of the molecule is CCCCOc1ccc(CNC2CCN(C(=O)c3ccco3)CC2)cc1OC. The zero-order chi connectivity index (χ0) is 19.8. The van der Waals surface area contributed by atoms with Gasteiger partial charge in [-0.3, -0.25) is 4.79 Å². The van der Waals surface area contributed by atoms with Crippen LogP contribution in [0.25, 0.3) is 0 Å². The predicted molar refractivity (Wildman–Crippen MR) is 108 cm³/mol. The lowest BCUT2D eigenvalue weighted by molar-refractivity contribution is 0.0672. The molecule has 6 nitrogen and oxygen atoms in total. The molecule has 1 saturated heterocycles. The van der Waals surface area contributed by atoms with Crippen molar-refractivity contribution >= 4 is 5.91 Å². The third kappa shape index (κ3) is 5.29. The van der Waals surface area contributed by atoms with Crippen molar-refractivity contribution in [3.8, 4) is 11.5 Å². The molecule has 1 aliphatic rings. The highest BCUT2D eigenvalue weighted by Crippen LogP contribution is 2.28. The molecule has 1 aromatic heterocycles. The van der Waals surface area contributed by atoms with E-state index in [1.807, 2.05) is 17.0 Å². The maximum Gasteiger partial charge on any atom is 0.289 e. The Hall–Kier alpha value is -2.47. The number of carbonyl (C=O) groups is 1. The minimum absolute atomic E-state index is 0.0214. The number of nitrogens with zero attached hydrogens (tertiary/aromatic N) is 1. The summed E-state index contributed by atoms with van der Waals surface area (Å²) in [7, 11) is 1.67. The fourth-order valence-electron chi connectivity index (χ4n) is 3.37. The molecule has 3 rings (SSSR count). The van der Waals surface area contributed by atoms with Gasteiger partial charge in [0.25, 0.3) is 5.91 Å². The van der Waals surface area contributed by atoms with Crippen molar-refractivity contribution in [2.75, 3.05) is 26.8 Å². The lowest BCUT2D eigenvalue weighted by Crippen LogP contribution is -2.44. The van der Waals surface area contributed by atoms with Gasteiger partial charge >= 0.3 is 0 Å². The molecule has 2 heterocycles. The van der Waals surface area contributed by atoms with Gasteiger partial charge in [-0.25, -0.2) is 0 Å². The number of nitrogens with one attached hydrogen (secondary N) is 1. The second-order valence-corrected chi connectivity index (χ2v) is 7.11. The standard InChI is InChI=1S/C22H30N2O4/c1-3-4-13-27-19-8-7-17(15-21(19)26-2)16-23-18-9-11-24(12-10-18)22(25)20-6-5-14-28-20/h5-8,14-15,18,23H,3-4,9-13,16H2,1-2H3.